The van der Waals surface area contributed by atoms with Gasteiger partial charge in [-0.3, -0.25) is 4.79 Å². The number of ether oxygens (including phenoxy) is 1. The van der Waals surface area contributed by atoms with Gasteiger partial charge in [-0.25, -0.2) is 0 Å². The molecule has 0 unspecified atom stereocenters. The van der Waals surface area contributed by atoms with Crippen LogP contribution in [0.1, 0.15) is 31.9 Å². The molecular formula is C13H20N2O2. The normalized spacial score (nSPS) is 11.9. The number of carbonyl (C=O) groups excluding carboxylic acids is 1. The molecule has 1 amide bonds. The van der Waals surface area contributed by atoms with Gasteiger partial charge in [0.2, 0.25) is 5.91 Å². The van der Waals surface area contributed by atoms with Gasteiger partial charge in [0.15, 0.2) is 0 Å². The summed E-state index contributed by atoms with van der Waals surface area (Å²) < 4.78 is 5.50. The van der Waals surface area contributed by atoms with Crippen LogP contribution in [0.25, 0.3) is 0 Å². The lowest BCUT2D eigenvalue weighted by molar-refractivity contribution is -0.121. The van der Waals surface area contributed by atoms with Crippen molar-refractivity contribution in [2.24, 2.45) is 5.73 Å². The molecule has 0 aliphatic heterocycles. The highest BCUT2D eigenvalue weighted by molar-refractivity contribution is 5.75. The van der Waals surface area contributed by atoms with E-state index in [-0.39, 0.29) is 11.9 Å². The van der Waals surface area contributed by atoms with Crippen LogP contribution < -0.4 is 15.8 Å². The largest absolute Gasteiger partial charge is 0.493 e. The number of carbonyl (C=O) groups is 1. The van der Waals surface area contributed by atoms with E-state index in [4.69, 9.17) is 10.5 Å². The fraction of sp³-hybridized carbons (Fsp3) is 0.462. The van der Waals surface area contributed by atoms with Crippen molar-refractivity contribution < 1.29 is 9.53 Å². The molecule has 0 aliphatic rings. The molecule has 0 heterocycles. The van der Waals surface area contributed by atoms with E-state index in [0.717, 1.165) is 11.3 Å². The molecule has 1 aromatic carbocycles. The van der Waals surface area contributed by atoms with Gasteiger partial charge in [0.05, 0.1) is 13.0 Å². The van der Waals surface area contributed by atoms with E-state index in [1.54, 1.807) is 0 Å². The Morgan fingerprint density at radius 1 is 1.53 bits per heavy atom. The van der Waals surface area contributed by atoms with Crippen LogP contribution in [0.4, 0.5) is 0 Å². The van der Waals surface area contributed by atoms with Crippen LogP contribution in [0, 0.1) is 0 Å². The van der Waals surface area contributed by atoms with Gasteiger partial charge < -0.3 is 15.8 Å². The maximum absolute atomic E-state index is 11.2. The third-order valence-electron chi connectivity index (χ3n) is 2.36. The summed E-state index contributed by atoms with van der Waals surface area (Å²) in [6.45, 7) is 4.85. The van der Waals surface area contributed by atoms with Crippen molar-refractivity contribution in [3.63, 3.8) is 0 Å². The van der Waals surface area contributed by atoms with Crippen molar-refractivity contribution in [1.82, 2.24) is 5.32 Å². The van der Waals surface area contributed by atoms with Gasteiger partial charge in [-0.15, -0.1) is 0 Å². The number of nitrogens with one attached hydrogen (secondary N) is 1. The van der Waals surface area contributed by atoms with Gasteiger partial charge in [0.25, 0.3) is 0 Å². The Bertz CT molecular complexity index is 364. The molecule has 0 spiro atoms. The number of nitrogens with two attached hydrogens (primary N) is 1. The molecule has 1 atom stereocenters. The molecule has 4 nitrogen and oxygen atoms in total. The van der Waals surface area contributed by atoms with Gasteiger partial charge in [-0.1, -0.05) is 12.1 Å². The van der Waals surface area contributed by atoms with Crippen molar-refractivity contribution in [2.75, 3.05) is 13.2 Å². The molecule has 0 aliphatic carbocycles. The number of hydrogen-bond donors (Lipinski definition) is 2. The average molecular weight is 236 g/mol. The monoisotopic (exact) mass is 236 g/mol. The van der Waals surface area contributed by atoms with E-state index in [9.17, 15) is 4.79 Å². The van der Waals surface area contributed by atoms with Crippen molar-refractivity contribution in [3.05, 3.63) is 29.8 Å². The number of rotatable bonds is 6. The zero-order chi connectivity index (χ0) is 12.7. The summed E-state index contributed by atoms with van der Waals surface area (Å²) in [7, 11) is 0. The summed E-state index contributed by atoms with van der Waals surface area (Å²) in [5.74, 6) is 0.764. The Hall–Kier alpha value is -1.55. The Kier molecular flexibility index (Phi) is 5.49. The summed E-state index contributed by atoms with van der Waals surface area (Å²) in [4.78, 5) is 11.2. The van der Waals surface area contributed by atoms with E-state index >= 15 is 0 Å². The SMILES string of the molecule is CCNC(=O)CCOc1cccc([C@H](C)N)c1. The third kappa shape index (κ3) is 4.87. The van der Waals surface area contributed by atoms with E-state index in [1.807, 2.05) is 38.1 Å². The van der Waals surface area contributed by atoms with Crippen molar-refractivity contribution in [3.8, 4) is 5.75 Å². The van der Waals surface area contributed by atoms with Crippen LogP contribution in [0.5, 0.6) is 5.75 Å². The minimum atomic E-state index is -0.0121. The fourth-order valence-corrected chi connectivity index (χ4v) is 1.43. The summed E-state index contributed by atoms with van der Waals surface area (Å²) >= 11 is 0. The molecule has 0 bridgehead atoms. The predicted octanol–water partition coefficient (Wildman–Crippen LogP) is 1.61. The first-order valence-electron chi connectivity index (χ1n) is 5.88. The number of amides is 1. The first-order chi connectivity index (χ1) is 8.13. The molecule has 1 aromatic rings. The maximum atomic E-state index is 11.2. The number of hydrogen-bond acceptors (Lipinski definition) is 3. The van der Waals surface area contributed by atoms with Crippen molar-refractivity contribution in [1.29, 1.82) is 0 Å². The molecule has 17 heavy (non-hydrogen) atoms. The van der Waals surface area contributed by atoms with Crippen molar-refractivity contribution in [2.45, 2.75) is 26.3 Å². The van der Waals surface area contributed by atoms with Gasteiger partial charge >= 0.3 is 0 Å². The van der Waals surface area contributed by atoms with Gasteiger partial charge in [0.1, 0.15) is 5.75 Å². The third-order valence-corrected chi connectivity index (χ3v) is 2.36. The Labute approximate surface area is 102 Å². The van der Waals surface area contributed by atoms with E-state index in [1.165, 1.54) is 0 Å². The Morgan fingerprint density at radius 3 is 2.94 bits per heavy atom. The van der Waals surface area contributed by atoms with Crippen LogP contribution in [-0.4, -0.2) is 19.1 Å². The lowest BCUT2D eigenvalue weighted by Gasteiger charge is -2.09. The topological polar surface area (TPSA) is 64.3 Å². The standard InChI is InChI=1S/C13H20N2O2/c1-3-15-13(16)7-8-17-12-6-4-5-11(9-12)10(2)14/h4-6,9-10H,3,7-8,14H2,1-2H3,(H,15,16)/t10-/m0/s1. The second-order valence-corrected chi connectivity index (χ2v) is 3.91. The summed E-state index contributed by atoms with van der Waals surface area (Å²) in [6.07, 6.45) is 0.371. The maximum Gasteiger partial charge on any atom is 0.223 e. The average Bonchev–Trinajstić information content (AvgIpc) is 2.30. The molecule has 0 saturated heterocycles. The van der Waals surface area contributed by atoms with Crippen LogP contribution in [0.2, 0.25) is 0 Å². The van der Waals surface area contributed by atoms with Crippen LogP contribution in [-0.2, 0) is 4.79 Å². The summed E-state index contributed by atoms with van der Waals surface area (Å²) in [5.41, 5.74) is 6.81. The molecule has 1 rings (SSSR count). The van der Waals surface area contributed by atoms with Crippen LogP contribution in [0.15, 0.2) is 24.3 Å². The molecule has 0 radical (unpaired) electrons. The highest BCUT2D eigenvalue weighted by Gasteiger charge is 2.03. The van der Waals surface area contributed by atoms with Gasteiger partial charge in [-0.2, -0.15) is 0 Å². The molecule has 94 valence electrons. The summed E-state index contributed by atoms with van der Waals surface area (Å²) in [6, 6.07) is 7.62. The Morgan fingerprint density at radius 2 is 2.29 bits per heavy atom. The lowest BCUT2D eigenvalue weighted by Crippen LogP contribution is -2.24. The van der Waals surface area contributed by atoms with Crippen LogP contribution in [0.3, 0.4) is 0 Å². The second kappa shape index (κ2) is 6.91. The second-order valence-electron chi connectivity index (χ2n) is 3.91. The lowest BCUT2D eigenvalue weighted by atomic mass is 10.1. The fourth-order valence-electron chi connectivity index (χ4n) is 1.43. The first-order valence-corrected chi connectivity index (χ1v) is 5.88. The van der Waals surface area contributed by atoms with Gasteiger partial charge in [-0.05, 0) is 31.5 Å². The zero-order valence-corrected chi connectivity index (χ0v) is 10.4. The molecule has 0 aromatic heterocycles. The predicted molar refractivity (Wildman–Crippen MR) is 67.8 cm³/mol. The summed E-state index contributed by atoms with van der Waals surface area (Å²) in [5, 5.41) is 2.72. The van der Waals surface area contributed by atoms with Crippen molar-refractivity contribution >= 4 is 5.91 Å². The van der Waals surface area contributed by atoms with Crippen LogP contribution >= 0.6 is 0 Å². The minimum absolute atomic E-state index is 0.0100. The van der Waals surface area contributed by atoms with Gasteiger partial charge in [0, 0.05) is 12.6 Å². The zero-order valence-electron chi connectivity index (χ0n) is 10.4. The van der Waals surface area contributed by atoms with E-state index in [0.29, 0.717) is 19.6 Å². The molecule has 0 fully saturated rings. The Balaban J connectivity index is 2.41. The highest BCUT2D eigenvalue weighted by atomic mass is 16.5. The molecule has 3 N–H and O–H groups in total. The highest BCUT2D eigenvalue weighted by Crippen LogP contribution is 2.17. The van der Waals surface area contributed by atoms with E-state index < -0.39 is 0 Å². The number of benzene rings is 1. The smallest absolute Gasteiger partial charge is 0.223 e. The molecule has 4 heteroatoms. The molecular weight excluding hydrogens is 216 g/mol. The van der Waals surface area contributed by atoms with E-state index in [2.05, 4.69) is 5.32 Å². The minimum Gasteiger partial charge on any atom is -0.493 e. The first kappa shape index (κ1) is 13.5. The molecule has 0 saturated carbocycles. The quantitative estimate of drug-likeness (QED) is 0.788.